The highest BCUT2D eigenvalue weighted by Crippen LogP contribution is 2.18. The molecule has 0 aliphatic carbocycles. The van der Waals surface area contributed by atoms with Crippen LogP contribution in [0.4, 0.5) is 0 Å². The average molecular weight is 281 g/mol. The molecule has 2 aromatic rings. The van der Waals surface area contributed by atoms with Gasteiger partial charge in [0.25, 0.3) is 5.56 Å². The van der Waals surface area contributed by atoms with E-state index < -0.39 is 0 Å². The summed E-state index contributed by atoms with van der Waals surface area (Å²) >= 11 is 3.40. The summed E-state index contributed by atoms with van der Waals surface area (Å²) in [5.74, 6) is 0.401. The lowest BCUT2D eigenvalue weighted by Crippen LogP contribution is -2.25. The second-order valence-corrected chi connectivity index (χ2v) is 4.97. The van der Waals surface area contributed by atoms with Crippen molar-refractivity contribution in [3.05, 3.63) is 39.2 Å². The van der Waals surface area contributed by atoms with Gasteiger partial charge in [0.1, 0.15) is 4.60 Å². The van der Waals surface area contributed by atoms with Crippen LogP contribution in [0.2, 0.25) is 0 Å². The fraction of sp³-hybridized carbons (Fsp3) is 0.333. The lowest BCUT2D eigenvalue weighted by molar-refractivity contribution is 0.464. The number of benzene rings is 1. The summed E-state index contributed by atoms with van der Waals surface area (Å²) in [5, 5.41) is 5.84. The molecule has 0 saturated carbocycles. The fourth-order valence-corrected chi connectivity index (χ4v) is 2.20. The smallest absolute Gasteiger partial charge is 0.267 e. The van der Waals surface area contributed by atoms with Crippen molar-refractivity contribution in [2.45, 2.75) is 20.4 Å². The zero-order chi connectivity index (χ0) is 11.7. The van der Waals surface area contributed by atoms with Gasteiger partial charge in [-0.25, -0.2) is 4.68 Å². The number of rotatable bonds is 2. The van der Waals surface area contributed by atoms with E-state index in [0.717, 1.165) is 9.99 Å². The van der Waals surface area contributed by atoms with E-state index in [1.807, 2.05) is 24.3 Å². The molecule has 0 spiro atoms. The lowest BCUT2D eigenvalue weighted by atomic mass is 10.2. The van der Waals surface area contributed by atoms with Gasteiger partial charge >= 0.3 is 0 Å². The maximum Gasteiger partial charge on any atom is 0.274 e. The Hall–Kier alpha value is -1.16. The molecular weight excluding hydrogens is 268 g/mol. The van der Waals surface area contributed by atoms with Crippen LogP contribution in [0.5, 0.6) is 0 Å². The molecule has 0 aliphatic rings. The van der Waals surface area contributed by atoms with E-state index in [1.165, 1.54) is 4.68 Å². The standard InChI is InChI=1S/C12H13BrN2O/c1-8(2)7-15-12(16)10-6-4-3-5-9(10)11(13)14-15/h3-6,8H,7H2,1-2H3. The van der Waals surface area contributed by atoms with E-state index in [0.29, 0.717) is 17.8 Å². The van der Waals surface area contributed by atoms with Gasteiger partial charge in [0.05, 0.1) is 5.39 Å². The van der Waals surface area contributed by atoms with E-state index in [1.54, 1.807) is 0 Å². The maximum atomic E-state index is 12.1. The van der Waals surface area contributed by atoms with Crippen LogP contribution in [0.3, 0.4) is 0 Å². The molecule has 0 N–H and O–H groups in total. The molecule has 0 bridgehead atoms. The summed E-state index contributed by atoms with van der Waals surface area (Å²) in [6, 6.07) is 7.51. The highest BCUT2D eigenvalue weighted by molar-refractivity contribution is 9.10. The summed E-state index contributed by atoms with van der Waals surface area (Å²) in [5.41, 5.74) is -0.0208. The topological polar surface area (TPSA) is 34.9 Å². The normalized spacial score (nSPS) is 11.2. The monoisotopic (exact) mass is 280 g/mol. The third-order valence-electron chi connectivity index (χ3n) is 2.36. The second-order valence-electron chi connectivity index (χ2n) is 4.22. The molecule has 1 heterocycles. The Morgan fingerprint density at radius 3 is 2.56 bits per heavy atom. The Bertz CT molecular complexity index is 575. The molecule has 0 atom stereocenters. The van der Waals surface area contributed by atoms with Gasteiger partial charge in [-0.2, -0.15) is 5.10 Å². The second kappa shape index (κ2) is 4.37. The average Bonchev–Trinajstić information content (AvgIpc) is 2.25. The van der Waals surface area contributed by atoms with E-state index >= 15 is 0 Å². The number of aromatic nitrogens is 2. The van der Waals surface area contributed by atoms with Crippen LogP contribution in [-0.2, 0) is 6.54 Å². The van der Waals surface area contributed by atoms with Gasteiger partial charge in [0.2, 0.25) is 0 Å². The van der Waals surface area contributed by atoms with Crippen molar-refractivity contribution in [1.82, 2.24) is 9.78 Å². The molecule has 1 aromatic heterocycles. The quantitative estimate of drug-likeness (QED) is 0.848. The highest BCUT2D eigenvalue weighted by Gasteiger charge is 2.08. The minimum Gasteiger partial charge on any atom is -0.267 e. The minimum atomic E-state index is -0.0208. The van der Waals surface area contributed by atoms with Gasteiger partial charge in [0, 0.05) is 11.9 Å². The van der Waals surface area contributed by atoms with E-state index in [4.69, 9.17) is 0 Å². The Kier molecular flexibility index (Phi) is 3.10. The first-order valence-electron chi connectivity index (χ1n) is 5.25. The van der Waals surface area contributed by atoms with Crippen LogP contribution < -0.4 is 5.56 Å². The molecule has 84 valence electrons. The van der Waals surface area contributed by atoms with Gasteiger partial charge in [-0.1, -0.05) is 32.0 Å². The summed E-state index contributed by atoms with van der Waals surface area (Å²) in [6.45, 7) is 4.77. The molecule has 1 aromatic carbocycles. The van der Waals surface area contributed by atoms with Gasteiger partial charge < -0.3 is 0 Å². The molecule has 0 fully saturated rings. The Morgan fingerprint density at radius 1 is 1.31 bits per heavy atom. The van der Waals surface area contributed by atoms with Crippen LogP contribution in [-0.4, -0.2) is 9.78 Å². The molecule has 0 radical (unpaired) electrons. The fourth-order valence-electron chi connectivity index (χ4n) is 1.66. The summed E-state index contributed by atoms with van der Waals surface area (Å²) < 4.78 is 2.25. The first kappa shape index (κ1) is 11.3. The first-order valence-corrected chi connectivity index (χ1v) is 6.04. The van der Waals surface area contributed by atoms with Crippen LogP contribution in [0.15, 0.2) is 33.7 Å². The number of nitrogens with zero attached hydrogens (tertiary/aromatic N) is 2. The molecular formula is C12H13BrN2O. The Labute approximate surface area is 102 Å². The van der Waals surface area contributed by atoms with Crippen LogP contribution in [0, 0.1) is 5.92 Å². The van der Waals surface area contributed by atoms with Crippen LogP contribution in [0.1, 0.15) is 13.8 Å². The minimum absolute atomic E-state index is 0.0208. The van der Waals surface area contributed by atoms with E-state index in [2.05, 4.69) is 34.9 Å². The summed E-state index contributed by atoms with van der Waals surface area (Å²) in [7, 11) is 0. The molecule has 2 rings (SSSR count). The van der Waals surface area contributed by atoms with E-state index in [9.17, 15) is 4.79 Å². The number of hydrogen-bond acceptors (Lipinski definition) is 2. The maximum absolute atomic E-state index is 12.1. The third kappa shape index (κ3) is 2.02. The predicted molar refractivity (Wildman–Crippen MR) is 68.5 cm³/mol. The molecule has 0 amide bonds. The van der Waals surface area contributed by atoms with Crippen molar-refractivity contribution < 1.29 is 0 Å². The Morgan fingerprint density at radius 2 is 1.94 bits per heavy atom. The molecule has 0 aliphatic heterocycles. The lowest BCUT2D eigenvalue weighted by Gasteiger charge is -2.09. The van der Waals surface area contributed by atoms with Crippen LogP contribution in [0.25, 0.3) is 10.8 Å². The van der Waals surface area contributed by atoms with Crippen molar-refractivity contribution >= 4 is 26.7 Å². The zero-order valence-corrected chi connectivity index (χ0v) is 10.9. The van der Waals surface area contributed by atoms with Gasteiger partial charge in [-0.15, -0.1) is 0 Å². The van der Waals surface area contributed by atoms with Crippen molar-refractivity contribution in [1.29, 1.82) is 0 Å². The third-order valence-corrected chi connectivity index (χ3v) is 2.95. The molecule has 3 nitrogen and oxygen atoms in total. The first-order chi connectivity index (χ1) is 7.59. The SMILES string of the molecule is CC(C)Cn1nc(Br)c2ccccc2c1=O. The summed E-state index contributed by atoms with van der Waals surface area (Å²) in [4.78, 5) is 12.1. The van der Waals surface area contributed by atoms with Crippen molar-refractivity contribution in [2.75, 3.05) is 0 Å². The predicted octanol–water partition coefficient (Wildman–Crippen LogP) is 2.82. The highest BCUT2D eigenvalue weighted by atomic mass is 79.9. The van der Waals surface area contributed by atoms with Crippen LogP contribution >= 0.6 is 15.9 Å². The zero-order valence-electron chi connectivity index (χ0n) is 9.27. The number of hydrogen-bond donors (Lipinski definition) is 0. The molecule has 4 heteroatoms. The Balaban J connectivity index is 2.71. The van der Waals surface area contributed by atoms with Gasteiger partial charge in [0.15, 0.2) is 0 Å². The van der Waals surface area contributed by atoms with Crippen molar-refractivity contribution in [3.8, 4) is 0 Å². The summed E-state index contributed by atoms with van der Waals surface area (Å²) in [6.07, 6.45) is 0. The molecule has 0 unspecified atom stereocenters. The van der Waals surface area contributed by atoms with Gasteiger partial charge in [-0.05, 0) is 27.9 Å². The van der Waals surface area contributed by atoms with E-state index in [-0.39, 0.29) is 5.56 Å². The van der Waals surface area contributed by atoms with Gasteiger partial charge in [-0.3, -0.25) is 4.79 Å². The van der Waals surface area contributed by atoms with Crippen molar-refractivity contribution in [2.24, 2.45) is 5.92 Å². The molecule has 16 heavy (non-hydrogen) atoms. The number of fused-ring (bicyclic) bond motifs is 1. The molecule has 0 saturated heterocycles. The largest absolute Gasteiger partial charge is 0.274 e. The number of halogens is 1. The van der Waals surface area contributed by atoms with Crippen molar-refractivity contribution in [3.63, 3.8) is 0 Å².